The lowest BCUT2D eigenvalue weighted by Gasteiger charge is -2.24. The lowest BCUT2D eigenvalue weighted by Crippen LogP contribution is -2.38. The molecule has 30 heavy (non-hydrogen) atoms. The van der Waals surface area contributed by atoms with Gasteiger partial charge >= 0.3 is 5.97 Å². The van der Waals surface area contributed by atoms with E-state index in [1.165, 1.54) is 5.56 Å². The fourth-order valence-electron chi connectivity index (χ4n) is 3.15. The molecule has 2 N–H and O–H groups in total. The minimum atomic E-state index is -0.549. The number of rotatable bonds is 10. The van der Waals surface area contributed by atoms with E-state index in [0.29, 0.717) is 13.2 Å². The number of aromatic amines is 1. The Hall–Kier alpha value is -2.79. The third-order valence-electron chi connectivity index (χ3n) is 4.90. The predicted octanol–water partition coefficient (Wildman–Crippen LogP) is 4.73. The van der Waals surface area contributed by atoms with Crippen LogP contribution < -0.4 is 10.1 Å². The highest BCUT2D eigenvalue weighted by Gasteiger charge is 2.26. The van der Waals surface area contributed by atoms with Crippen LogP contribution in [-0.2, 0) is 16.0 Å². The Balaban J connectivity index is 1.53. The van der Waals surface area contributed by atoms with E-state index in [1.807, 2.05) is 57.3 Å². The van der Waals surface area contributed by atoms with Crippen molar-refractivity contribution in [1.82, 2.24) is 10.3 Å². The quantitative estimate of drug-likeness (QED) is 0.376. The van der Waals surface area contributed by atoms with Crippen LogP contribution in [0, 0.1) is 5.41 Å². The van der Waals surface area contributed by atoms with Crippen molar-refractivity contribution in [3.05, 3.63) is 66.4 Å². The molecule has 0 radical (unpaired) electrons. The molecule has 0 aliphatic heterocycles. The van der Waals surface area contributed by atoms with Crippen LogP contribution in [0.25, 0.3) is 10.9 Å². The van der Waals surface area contributed by atoms with E-state index in [9.17, 15) is 4.79 Å². The van der Waals surface area contributed by atoms with Gasteiger partial charge in [0.1, 0.15) is 18.5 Å². The van der Waals surface area contributed by atoms with Gasteiger partial charge in [-0.15, -0.1) is 0 Å². The Labute approximate surface area is 178 Å². The van der Waals surface area contributed by atoms with Gasteiger partial charge in [-0.3, -0.25) is 4.79 Å². The standard InChI is InChI=1S/C25H32N2O3/c1-25(2,3)24(28)30-20(17-26-15-8-11-19-9-5-4-6-10-19)18-29-23-13-7-12-22-21(23)14-16-27-22/h4-7,9-10,12-14,16,20,26-27H,8,11,15,17-18H2,1-3H3. The molecule has 0 spiro atoms. The molecule has 0 aliphatic carbocycles. The topological polar surface area (TPSA) is 63.4 Å². The molecule has 1 heterocycles. The smallest absolute Gasteiger partial charge is 0.311 e. The number of esters is 1. The molecule has 3 rings (SSSR count). The summed E-state index contributed by atoms with van der Waals surface area (Å²) in [7, 11) is 0. The maximum Gasteiger partial charge on any atom is 0.311 e. The van der Waals surface area contributed by atoms with Gasteiger partial charge in [-0.2, -0.15) is 0 Å². The lowest BCUT2D eigenvalue weighted by atomic mass is 9.97. The predicted molar refractivity (Wildman–Crippen MR) is 121 cm³/mol. The summed E-state index contributed by atoms with van der Waals surface area (Å²) in [4.78, 5) is 15.6. The second-order valence-electron chi connectivity index (χ2n) is 8.58. The third-order valence-corrected chi connectivity index (χ3v) is 4.90. The summed E-state index contributed by atoms with van der Waals surface area (Å²) in [6.07, 6.45) is 3.57. The van der Waals surface area contributed by atoms with E-state index in [4.69, 9.17) is 9.47 Å². The Kier molecular flexibility index (Phi) is 7.52. The molecular weight excluding hydrogens is 376 g/mol. The molecule has 0 saturated heterocycles. The molecule has 5 nitrogen and oxygen atoms in total. The summed E-state index contributed by atoms with van der Waals surface area (Å²) >= 11 is 0. The van der Waals surface area contributed by atoms with Crippen molar-refractivity contribution >= 4 is 16.9 Å². The number of carbonyl (C=O) groups is 1. The van der Waals surface area contributed by atoms with Crippen LogP contribution in [0.1, 0.15) is 32.8 Å². The van der Waals surface area contributed by atoms with E-state index in [2.05, 4.69) is 34.6 Å². The zero-order chi connectivity index (χ0) is 21.4. The van der Waals surface area contributed by atoms with Gasteiger partial charge in [0, 0.05) is 23.6 Å². The number of aromatic nitrogens is 1. The van der Waals surface area contributed by atoms with Crippen molar-refractivity contribution in [2.75, 3.05) is 19.7 Å². The molecule has 2 aromatic carbocycles. The van der Waals surface area contributed by atoms with E-state index in [1.54, 1.807) is 0 Å². The summed E-state index contributed by atoms with van der Waals surface area (Å²) in [5.41, 5.74) is 1.80. The number of hydrogen-bond acceptors (Lipinski definition) is 4. The number of fused-ring (bicyclic) bond motifs is 1. The summed E-state index contributed by atoms with van der Waals surface area (Å²) < 4.78 is 11.8. The number of benzene rings is 2. The van der Waals surface area contributed by atoms with Crippen molar-refractivity contribution in [2.45, 2.75) is 39.7 Å². The first kappa shape index (κ1) is 21.9. The van der Waals surface area contributed by atoms with Crippen LogP contribution in [0.5, 0.6) is 5.75 Å². The van der Waals surface area contributed by atoms with Gasteiger partial charge in [0.15, 0.2) is 0 Å². The zero-order valence-corrected chi connectivity index (χ0v) is 18.1. The summed E-state index contributed by atoms with van der Waals surface area (Å²) in [6, 6.07) is 18.3. The molecule has 1 unspecified atom stereocenters. The van der Waals surface area contributed by atoms with Gasteiger partial charge in [0.2, 0.25) is 0 Å². The summed E-state index contributed by atoms with van der Waals surface area (Å²) in [5.74, 6) is 0.566. The highest BCUT2D eigenvalue weighted by Crippen LogP contribution is 2.25. The SMILES string of the molecule is CC(C)(C)C(=O)OC(CNCCCc1ccccc1)COc1cccc2[nH]ccc12. The van der Waals surface area contributed by atoms with Crippen molar-refractivity contribution < 1.29 is 14.3 Å². The highest BCUT2D eigenvalue weighted by atomic mass is 16.6. The average Bonchev–Trinajstić information content (AvgIpc) is 3.21. The highest BCUT2D eigenvalue weighted by molar-refractivity contribution is 5.85. The zero-order valence-electron chi connectivity index (χ0n) is 18.1. The number of aryl methyl sites for hydroxylation is 1. The van der Waals surface area contributed by atoms with Crippen LogP contribution in [0.15, 0.2) is 60.8 Å². The molecule has 0 aliphatic rings. The Bertz CT molecular complexity index is 928. The van der Waals surface area contributed by atoms with E-state index in [0.717, 1.165) is 36.0 Å². The van der Waals surface area contributed by atoms with E-state index in [-0.39, 0.29) is 12.1 Å². The van der Waals surface area contributed by atoms with Gasteiger partial charge in [0.25, 0.3) is 0 Å². The van der Waals surface area contributed by atoms with E-state index >= 15 is 0 Å². The minimum absolute atomic E-state index is 0.220. The number of H-pyrrole nitrogens is 1. The first-order valence-corrected chi connectivity index (χ1v) is 10.6. The molecular formula is C25H32N2O3. The average molecular weight is 409 g/mol. The fourth-order valence-corrected chi connectivity index (χ4v) is 3.15. The van der Waals surface area contributed by atoms with Gasteiger partial charge in [-0.05, 0) is 63.9 Å². The summed E-state index contributed by atoms with van der Waals surface area (Å²) in [5, 5.41) is 4.44. The fraction of sp³-hybridized carbons (Fsp3) is 0.400. The molecule has 5 heteroatoms. The van der Waals surface area contributed by atoms with Crippen molar-refractivity contribution in [2.24, 2.45) is 5.41 Å². The van der Waals surface area contributed by atoms with Gasteiger partial charge < -0.3 is 19.8 Å². The Morgan fingerprint density at radius 1 is 1.07 bits per heavy atom. The Morgan fingerprint density at radius 2 is 1.87 bits per heavy atom. The largest absolute Gasteiger partial charge is 0.489 e. The van der Waals surface area contributed by atoms with Gasteiger partial charge in [-0.25, -0.2) is 0 Å². The molecule has 0 saturated carbocycles. The third kappa shape index (κ3) is 6.36. The molecule has 1 aromatic heterocycles. The second-order valence-corrected chi connectivity index (χ2v) is 8.58. The van der Waals surface area contributed by atoms with Crippen LogP contribution in [0.2, 0.25) is 0 Å². The normalized spacial score (nSPS) is 12.6. The first-order chi connectivity index (χ1) is 14.4. The van der Waals surface area contributed by atoms with Crippen LogP contribution in [0.4, 0.5) is 0 Å². The molecule has 0 amide bonds. The summed E-state index contributed by atoms with van der Waals surface area (Å²) in [6.45, 7) is 7.30. The van der Waals surface area contributed by atoms with Crippen molar-refractivity contribution in [3.63, 3.8) is 0 Å². The lowest BCUT2D eigenvalue weighted by molar-refractivity contribution is -0.159. The van der Waals surface area contributed by atoms with Crippen LogP contribution in [0.3, 0.4) is 0 Å². The maximum absolute atomic E-state index is 12.4. The first-order valence-electron chi connectivity index (χ1n) is 10.6. The van der Waals surface area contributed by atoms with Gasteiger partial charge in [-0.1, -0.05) is 36.4 Å². The molecule has 0 fully saturated rings. The maximum atomic E-state index is 12.4. The van der Waals surface area contributed by atoms with Crippen LogP contribution >= 0.6 is 0 Å². The molecule has 160 valence electrons. The molecule has 3 aromatic rings. The number of hydrogen-bond donors (Lipinski definition) is 2. The second kappa shape index (κ2) is 10.3. The van der Waals surface area contributed by atoms with E-state index < -0.39 is 5.41 Å². The van der Waals surface area contributed by atoms with Crippen LogP contribution in [-0.4, -0.2) is 36.8 Å². The van der Waals surface area contributed by atoms with Crippen molar-refractivity contribution in [3.8, 4) is 5.75 Å². The monoisotopic (exact) mass is 408 g/mol. The molecule has 1 atom stereocenters. The number of ether oxygens (including phenoxy) is 2. The van der Waals surface area contributed by atoms with Crippen molar-refractivity contribution in [1.29, 1.82) is 0 Å². The van der Waals surface area contributed by atoms with Gasteiger partial charge in [0.05, 0.1) is 5.41 Å². The Morgan fingerprint density at radius 3 is 2.63 bits per heavy atom. The number of nitrogens with one attached hydrogen (secondary N) is 2. The minimum Gasteiger partial charge on any atom is -0.489 e. The number of carbonyl (C=O) groups excluding carboxylic acids is 1. The molecule has 0 bridgehead atoms.